The van der Waals surface area contributed by atoms with Gasteiger partial charge < -0.3 is 10.1 Å². The Hall–Kier alpha value is -2.70. The Kier molecular flexibility index (Phi) is 7.99. The number of carbonyl (C=O) groups excluding carboxylic acids is 1. The molecule has 30 heavy (non-hydrogen) atoms. The lowest BCUT2D eigenvalue weighted by molar-refractivity contribution is 0.0394. The first kappa shape index (κ1) is 22.0. The first-order valence-electron chi connectivity index (χ1n) is 10.6. The van der Waals surface area contributed by atoms with E-state index in [-0.39, 0.29) is 5.91 Å². The topological polar surface area (TPSA) is 66.0 Å². The molecule has 0 spiro atoms. The predicted octanol–water partition coefficient (Wildman–Crippen LogP) is 3.40. The number of benzene rings is 2. The molecule has 1 fully saturated rings. The van der Waals surface area contributed by atoms with Gasteiger partial charge in [0, 0.05) is 30.9 Å². The van der Waals surface area contributed by atoms with Crippen LogP contribution in [0, 0.1) is 13.8 Å². The Morgan fingerprint density at radius 3 is 2.37 bits per heavy atom. The number of hydrogen-bond donors (Lipinski definition) is 2. The molecule has 6 heteroatoms. The number of guanidine groups is 1. The van der Waals surface area contributed by atoms with Crippen molar-refractivity contribution < 1.29 is 9.53 Å². The van der Waals surface area contributed by atoms with Crippen molar-refractivity contribution in [3.63, 3.8) is 0 Å². The van der Waals surface area contributed by atoms with Crippen molar-refractivity contribution >= 4 is 17.6 Å². The number of amides is 1. The van der Waals surface area contributed by atoms with E-state index in [4.69, 9.17) is 4.74 Å². The van der Waals surface area contributed by atoms with E-state index in [1.54, 1.807) is 0 Å². The maximum absolute atomic E-state index is 12.8. The monoisotopic (exact) mass is 408 g/mol. The fourth-order valence-electron chi connectivity index (χ4n) is 3.49. The van der Waals surface area contributed by atoms with Crippen LogP contribution in [0.3, 0.4) is 0 Å². The third-order valence-corrected chi connectivity index (χ3v) is 5.13. The van der Waals surface area contributed by atoms with Gasteiger partial charge in [0.25, 0.3) is 5.91 Å². The van der Waals surface area contributed by atoms with Crippen molar-refractivity contribution in [2.45, 2.75) is 27.2 Å². The summed E-state index contributed by atoms with van der Waals surface area (Å²) in [5.74, 6) is 0.303. The summed E-state index contributed by atoms with van der Waals surface area (Å²) in [5.41, 5.74) is 5.06. The smallest absolute Gasteiger partial charge is 0.257 e. The Balaban J connectivity index is 1.71. The molecule has 3 rings (SSSR count). The first-order chi connectivity index (χ1) is 14.5. The van der Waals surface area contributed by atoms with E-state index in [9.17, 15) is 4.79 Å². The molecule has 1 heterocycles. The fraction of sp³-hybridized carbons (Fsp3) is 0.417. The van der Waals surface area contributed by atoms with Crippen LogP contribution in [0.4, 0.5) is 5.69 Å². The molecule has 2 N–H and O–H groups in total. The lowest BCUT2D eigenvalue weighted by Crippen LogP contribution is -2.39. The number of aliphatic imine (C=N–C) groups is 1. The summed E-state index contributed by atoms with van der Waals surface area (Å²) in [6.45, 7) is 11.0. The number of morpholine rings is 1. The van der Waals surface area contributed by atoms with Crippen molar-refractivity contribution in [1.29, 1.82) is 0 Å². The van der Waals surface area contributed by atoms with Crippen LogP contribution in [-0.2, 0) is 11.2 Å². The minimum atomic E-state index is -0.167. The number of ether oxygens (including phenoxy) is 1. The van der Waals surface area contributed by atoms with Crippen LogP contribution in [0.25, 0.3) is 0 Å². The van der Waals surface area contributed by atoms with E-state index in [0.717, 1.165) is 56.1 Å². The Bertz CT molecular complexity index is 851. The van der Waals surface area contributed by atoms with Gasteiger partial charge in [-0.25, -0.2) is 0 Å². The standard InChI is InChI=1S/C24H32N4O2/c1-4-20-5-7-21(8-6-20)23(29)27-24(25-9-10-28-11-13-30-14-12-28)26-22-16-18(2)15-19(3)17-22/h5-8,15-17H,4,9-14H2,1-3H3,(H2,25,26,27,29). The van der Waals surface area contributed by atoms with Gasteiger partial charge in [-0.2, -0.15) is 0 Å². The molecule has 6 nitrogen and oxygen atoms in total. The number of rotatable bonds is 6. The van der Waals surface area contributed by atoms with Crippen LogP contribution in [-0.4, -0.2) is 56.2 Å². The first-order valence-corrected chi connectivity index (χ1v) is 10.6. The average molecular weight is 409 g/mol. The molecule has 0 aliphatic carbocycles. The van der Waals surface area contributed by atoms with Crippen LogP contribution < -0.4 is 10.6 Å². The molecule has 0 radical (unpaired) electrons. The highest BCUT2D eigenvalue weighted by Gasteiger charge is 2.12. The van der Waals surface area contributed by atoms with Crippen LogP contribution in [0.2, 0.25) is 0 Å². The van der Waals surface area contributed by atoms with Gasteiger partial charge in [0.05, 0.1) is 19.8 Å². The number of carbonyl (C=O) groups is 1. The highest BCUT2D eigenvalue weighted by molar-refractivity contribution is 6.10. The van der Waals surface area contributed by atoms with Crippen molar-refractivity contribution in [3.8, 4) is 0 Å². The Morgan fingerprint density at radius 2 is 1.73 bits per heavy atom. The van der Waals surface area contributed by atoms with Crippen molar-refractivity contribution in [1.82, 2.24) is 10.2 Å². The summed E-state index contributed by atoms with van der Waals surface area (Å²) in [7, 11) is 0. The molecule has 0 aromatic heterocycles. The summed E-state index contributed by atoms with van der Waals surface area (Å²) >= 11 is 0. The number of aryl methyl sites for hydroxylation is 3. The van der Waals surface area contributed by atoms with Crippen molar-refractivity contribution in [3.05, 3.63) is 64.7 Å². The molecular weight excluding hydrogens is 376 g/mol. The average Bonchev–Trinajstić information content (AvgIpc) is 2.73. The zero-order chi connectivity index (χ0) is 21.3. The fourth-order valence-corrected chi connectivity index (χ4v) is 3.49. The van der Waals surface area contributed by atoms with E-state index < -0.39 is 0 Å². The maximum Gasteiger partial charge on any atom is 0.257 e. The van der Waals surface area contributed by atoms with Gasteiger partial charge in [-0.3, -0.25) is 20.0 Å². The summed E-state index contributed by atoms with van der Waals surface area (Å²) in [6.07, 6.45) is 0.949. The second-order valence-electron chi connectivity index (χ2n) is 7.69. The van der Waals surface area contributed by atoms with Gasteiger partial charge in [-0.15, -0.1) is 0 Å². The maximum atomic E-state index is 12.8. The molecule has 0 bridgehead atoms. The molecule has 1 aliphatic heterocycles. The largest absolute Gasteiger partial charge is 0.379 e. The van der Waals surface area contributed by atoms with Gasteiger partial charge in [-0.1, -0.05) is 25.1 Å². The molecule has 2 aromatic carbocycles. The van der Waals surface area contributed by atoms with E-state index >= 15 is 0 Å². The lowest BCUT2D eigenvalue weighted by Gasteiger charge is -2.25. The molecule has 160 valence electrons. The Morgan fingerprint density at radius 1 is 1.07 bits per heavy atom. The Labute approximate surface area is 179 Å². The molecule has 1 amide bonds. The summed E-state index contributed by atoms with van der Waals surface area (Å²) in [5, 5.41) is 6.25. The molecule has 1 aliphatic rings. The second-order valence-corrected chi connectivity index (χ2v) is 7.69. The van der Waals surface area contributed by atoms with Gasteiger partial charge in [0.2, 0.25) is 5.96 Å². The number of nitrogens with zero attached hydrogens (tertiary/aromatic N) is 2. The third kappa shape index (κ3) is 6.68. The number of hydrogen-bond acceptors (Lipinski definition) is 4. The summed E-state index contributed by atoms with van der Waals surface area (Å²) in [4.78, 5) is 19.8. The minimum Gasteiger partial charge on any atom is -0.379 e. The normalized spacial score (nSPS) is 15.1. The van der Waals surface area contributed by atoms with E-state index in [1.807, 2.05) is 36.4 Å². The van der Waals surface area contributed by atoms with Crippen molar-refractivity contribution in [2.75, 3.05) is 44.7 Å². The zero-order valence-electron chi connectivity index (χ0n) is 18.2. The zero-order valence-corrected chi connectivity index (χ0v) is 18.2. The summed E-state index contributed by atoms with van der Waals surface area (Å²) in [6, 6.07) is 13.9. The van der Waals surface area contributed by atoms with Crippen LogP contribution in [0.1, 0.15) is 34.0 Å². The number of nitrogens with one attached hydrogen (secondary N) is 2. The van der Waals surface area contributed by atoms with Crippen LogP contribution >= 0.6 is 0 Å². The molecular formula is C24H32N4O2. The van der Waals surface area contributed by atoms with E-state index in [2.05, 4.69) is 47.4 Å². The van der Waals surface area contributed by atoms with Gasteiger partial charge in [-0.05, 0) is 61.2 Å². The highest BCUT2D eigenvalue weighted by Crippen LogP contribution is 2.14. The third-order valence-electron chi connectivity index (χ3n) is 5.13. The minimum absolute atomic E-state index is 0.167. The molecule has 1 saturated heterocycles. The predicted molar refractivity (Wildman–Crippen MR) is 122 cm³/mol. The van der Waals surface area contributed by atoms with Gasteiger partial charge in [0.15, 0.2) is 0 Å². The highest BCUT2D eigenvalue weighted by atomic mass is 16.5. The van der Waals surface area contributed by atoms with Gasteiger partial charge >= 0.3 is 0 Å². The van der Waals surface area contributed by atoms with E-state index in [1.165, 1.54) is 5.56 Å². The molecule has 0 atom stereocenters. The molecule has 0 saturated carbocycles. The number of anilines is 1. The lowest BCUT2D eigenvalue weighted by atomic mass is 10.1. The second kappa shape index (κ2) is 10.9. The van der Waals surface area contributed by atoms with Gasteiger partial charge in [0.1, 0.15) is 0 Å². The van der Waals surface area contributed by atoms with Crippen LogP contribution in [0.5, 0.6) is 0 Å². The van der Waals surface area contributed by atoms with Crippen LogP contribution in [0.15, 0.2) is 47.5 Å². The molecule has 2 aromatic rings. The SMILES string of the molecule is CCc1ccc(C(=O)NC(=NCCN2CCOCC2)Nc2cc(C)cc(C)c2)cc1. The van der Waals surface area contributed by atoms with E-state index in [0.29, 0.717) is 18.1 Å². The van der Waals surface area contributed by atoms with Crippen molar-refractivity contribution in [2.24, 2.45) is 4.99 Å². The molecule has 0 unspecified atom stereocenters. The quantitative estimate of drug-likeness (QED) is 0.568. The summed E-state index contributed by atoms with van der Waals surface area (Å²) < 4.78 is 5.40.